The Morgan fingerprint density at radius 3 is 2.71 bits per heavy atom. The molecule has 3 rings (SSSR count). The third-order valence-corrected chi connectivity index (χ3v) is 3.76. The fourth-order valence-corrected chi connectivity index (χ4v) is 2.64. The number of carbonyl (C=O) groups is 1. The van der Waals surface area contributed by atoms with Crippen LogP contribution in [0.25, 0.3) is 11.3 Å². The Kier molecular flexibility index (Phi) is 3.56. The van der Waals surface area contributed by atoms with Gasteiger partial charge >= 0.3 is 5.97 Å². The van der Waals surface area contributed by atoms with Gasteiger partial charge in [0.25, 0.3) is 0 Å². The van der Waals surface area contributed by atoms with Crippen molar-refractivity contribution in [2.45, 2.75) is 13.3 Å². The van der Waals surface area contributed by atoms with Crippen LogP contribution in [0.15, 0.2) is 36.4 Å². The molecule has 2 heterocycles. The fraction of sp³-hybridized carbons (Fsp3) is 0.312. The Hall–Kier alpha value is -2.43. The second-order valence-corrected chi connectivity index (χ2v) is 5.29. The molecule has 108 valence electrons. The van der Waals surface area contributed by atoms with E-state index in [0.29, 0.717) is 18.8 Å². The number of aliphatic carboxylic acids is 1. The van der Waals surface area contributed by atoms with Crippen molar-refractivity contribution in [2.75, 3.05) is 18.0 Å². The van der Waals surface area contributed by atoms with Crippen LogP contribution in [-0.2, 0) is 4.79 Å². The molecule has 2 aromatic rings. The molecule has 1 saturated heterocycles. The van der Waals surface area contributed by atoms with E-state index in [0.717, 1.165) is 23.6 Å². The molecule has 1 fully saturated rings. The molecule has 0 amide bonds. The zero-order chi connectivity index (χ0) is 14.8. The number of carboxylic acids is 1. The SMILES string of the molecule is Cc1nc(-c2ccccc2)cc(N2CC[C@H](C(=O)O)C2)n1. The average molecular weight is 283 g/mol. The molecule has 21 heavy (non-hydrogen) atoms. The number of anilines is 1. The maximum absolute atomic E-state index is 11.1. The van der Waals surface area contributed by atoms with Gasteiger partial charge in [-0.25, -0.2) is 9.97 Å². The smallest absolute Gasteiger partial charge is 0.308 e. The lowest BCUT2D eigenvalue weighted by Gasteiger charge is -2.18. The molecule has 1 aliphatic heterocycles. The van der Waals surface area contributed by atoms with Gasteiger partial charge in [-0.3, -0.25) is 4.79 Å². The Bertz CT molecular complexity index is 658. The largest absolute Gasteiger partial charge is 0.481 e. The van der Waals surface area contributed by atoms with E-state index < -0.39 is 5.97 Å². The van der Waals surface area contributed by atoms with Crippen LogP contribution in [0.2, 0.25) is 0 Å². The number of carboxylic acid groups (broad SMARTS) is 1. The summed E-state index contributed by atoms with van der Waals surface area (Å²) in [4.78, 5) is 22.0. The summed E-state index contributed by atoms with van der Waals surface area (Å²) in [5, 5.41) is 9.11. The topological polar surface area (TPSA) is 66.3 Å². The minimum absolute atomic E-state index is 0.305. The van der Waals surface area contributed by atoms with Crippen molar-refractivity contribution in [3.05, 3.63) is 42.2 Å². The third kappa shape index (κ3) is 2.86. The highest BCUT2D eigenvalue weighted by Crippen LogP contribution is 2.26. The van der Waals surface area contributed by atoms with Crippen molar-refractivity contribution in [3.63, 3.8) is 0 Å². The summed E-state index contributed by atoms with van der Waals surface area (Å²) in [7, 11) is 0. The summed E-state index contributed by atoms with van der Waals surface area (Å²) >= 11 is 0. The van der Waals surface area contributed by atoms with Crippen LogP contribution in [0.3, 0.4) is 0 Å². The van der Waals surface area contributed by atoms with Crippen molar-refractivity contribution >= 4 is 11.8 Å². The Morgan fingerprint density at radius 1 is 1.29 bits per heavy atom. The van der Waals surface area contributed by atoms with Crippen LogP contribution in [0, 0.1) is 12.8 Å². The monoisotopic (exact) mass is 283 g/mol. The fourth-order valence-electron chi connectivity index (χ4n) is 2.64. The molecular weight excluding hydrogens is 266 g/mol. The summed E-state index contributed by atoms with van der Waals surface area (Å²) < 4.78 is 0. The van der Waals surface area contributed by atoms with Crippen LogP contribution in [0.1, 0.15) is 12.2 Å². The van der Waals surface area contributed by atoms with Gasteiger partial charge in [0.05, 0.1) is 11.6 Å². The van der Waals surface area contributed by atoms with Crippen LogP contribution in [-0.4, -0.2) is 34.1 Å². The van der Waals surface area contributed by atoms with E-state index in [1.54, 1.807) is 0 Å². The predicted octanol–water partition coefficient (Wildman–Crippen LogP) is 2.36. The highest BCUT2D eigenvalue weighted by Gasteiger charge is 2.29. The average Bonchev–Trinajstić information content (AvgIpc) is 2.98. The Balaban J connectivity index is 1.91. The minimum Gasteiger partial charge on any atom is -0.481 e. The maximum Gasteiger partial charge on any atom is 0.308 e. The Morgan fingerprint density at radius 2 is 2.05 bits per heavy atom. The van der Waals surface area contributed by atoms with E-state index in [-0.39, 0.29) is 5.92 Å². The molecule has 0 spiro atoms. The van der Waals surface area contributed by atoms with Gasteiger partial charge in [0.15, 0.2) is 0 Å². The lowest BCUT2D eigenvalue weighted by atomic mass is 10.1. The standard InChI is InChI=1S/C16H17N3O2/c1-11-17-14(12-5-3-2-4-6-12)9-15(18-11)19-8-7-13(10-19)16(20)21/h2-6,9,13H,7-8,10H2,1H3,(H,20,21)/t13-/m0/s1. The summed E-state index contributed by atoms with van der Waals surface area (Å²) in [6.45, 7) is 3.10. The first-order valence-electron chi connectivity index (χ1n) is 7.02. The van der Waals surface area contributed by atoms with Crippen molar-refractivity contribution in [2.24, 2.45) is 5.92 Å². The van der Waals surface area contributed by atoms with Gasteiger partial charge in [-0.1, -0.05) is 30.3 Å². The number of hydrogen-bond acceptors (Lipinski definition) is 4. The summed E-state index contributed by atoms with van der Waals surface area (Å²) in [6.07, 6.45) is 0.666. The second-order valence-electron chi connectivity index (χ2n) is 5.29. The van der Waals surface area contributed by atoms with Crippen molar-refractivity contribution in [1.82, 2.24) is 9.97 Å². The van der Waals surface area contributed by atoms with Gasteiger partial charge < -0.3 is 10.0 Å². The van der Waals surface area contributed by atoms with Gasteiger partial charge in [0.1, 0.15) is 11.6 Å². The molecule has 1 atom stereocenters. The van der Waals surface area contributed by atoms with Crippen LogP contribution >= 0.6 is 0 Å². The van der Waals surface area contributed by atoms with Gasteiger partial charge in [-0.2, -0.15) is 0 Å². The van der Waals surface area contributed by atoms with Crippen molar-refractivity contribution in [3.8, 4) is 11.3 Å². The van der Waals surface area contributed by atoms with Gasteiger partial charge in [0, 0.05) is 24.7 Å². The molecule has 5 nitrogen and oxygen atoms in total. The predicted molar refractivity (Wildman–Crippen MR) is 80.2 cm³/mol. The summed E-state index contributed by atoms with van der Waals surface area (Å²) in [5.41, 5.74) is 1.91. The molecular formula is C16H17N3O2. The molecule has 1 N–H and O–H groups in total. The first-order valence-corrected chi connectivity index (χ1v) is 7.02. The van der Waals surface area contributed by atoms with Crippen LogP contribution in [0.4, 0.5) is 5.82 Å². The molecule has 1 aliphatic rings. The lowest BCUT2D eigenvalue weighted by molar-refractivity contribution is -0.140. The van der Waals surface area contributed by atoms with E-state index in [1.165, 1.54) is 0 Å². The van der Waals surface area contributed by atoms with E-state index in [4.69, 9.17) is 5.11 Å². The maximum atomic E-state index is 11.1. The normalized spacial score (nSPS) is 18.0. The highest BCUT2D eigenvalue weighted by atomic mass is 16.4. The zero-order valence-electron chi connectivity index (χ0n) is 11.9. The van der Waals surface area contributed by atoms with Gasteiger partial charge in [-0.15, -0.1) is 0 Å². The molecule has 0 bridgehead atoms. The summed E-state index contributed by atoms with van der Waals surface area (Å²) in [6, 6.07) is 11.9. The van der Waals surface area contributed by atoms with E-state index >= 15 is 0 Å². The molecule has 5 heteroatoms. The molecule has 1 aromatic heterocycles. The zero-order valence-corrected chi connectivity index (χ0v) is 11.9. The number of aromatic nitrogens is 2. The number of nitrogens with zero attached hydrogens (tertiary/aromatic N) is 3. The molecule has 1 aromatic carbocycles. The summed E-state index contributed by atoms with van der Waals surface area (Å²) in [5.74, 6) is 0.474. The first-order chi connectivity index (χ1) is 10.1. The number of hydrogen-bond donors (Lipinski definition) is 1. The highest BCUT2D eigenvalue weighted by molar-refractivity contribution is 5.72. The van der Waals surface area contributed by atoms with E-state index in [9.17, 15) is 4.79 Å². The number of aryl methyl sites for hydroxylation is 1. The number of benzene rings is 1. The minimum atomic E-state index is -0.730. The second kappa shape index (κ2) is 5.52. The van der Waals surface area contributed by atoms with Gasteiger partial charge in [-0.05, 0) is 13.3 Å². The first kappa shape index (κ1) is 13.5. The van der Waals surface area contributed by atoms with Gasteiger partial charge in [0.2, 0.25) is 0 Å². The molecule has 0 saturated carbocycles. The molecule has 0 unspecified atom stereocenters. The van der Waals surface area contributed by atoms with Crippen molar-refractivity contribution < 1.29 is 9.90 Å². The van der Waals surface area contributed by atoms with Crippen molar-refractivity contribution in [1.29, 1.82) is 0 Å². The van der Waals surface area contributed by atoms with E-state index in [2.05, 4.69) is 9.97 Å². The number of rotatable bonds is 3. The quantitative estimate of drug-likeness (QED) is 0.936. The van der Waals surface area contributed by atoms with Crippen LogP contribution in [0.5, 0.6) is 0 Å². The Labute approximate surface area is 123 Å². The van der Waals surface area contributed by atoms with E-state index in [1.807, 2.05) is 48.2 Å². The lowest BCUT2D eigenvalue weighted by Crippen LogP contribution is -2.23. The third-order valence-electron chi connectivity index (χ3n) is 3.76. The molecule has 0 aliphatic carbocycles. The van der Waals surface area contributed by atoms with Crippen LogP contribution < -0.4 is 4.90 Å². The molecule has 0 radical (unpaired) electrons.